The Morgan fingerprint density at radius 1 is 1.33 bits per heavy atom. The first kappa shape index (κ1) is 23.5. The summed E-state index contributed by atoms with van der Waals surface area (Å²) in [6.07, 6.45) is 2.89. The second kappa shape index (κ2) is 10.8. The molecule has 1 aliphatic heterocycles. The molecule has 0 radical (unpaired) electrons. The van der Waals surface area contributed by atoms with E-state index in [2.05, 4.69) is 5.32 Å². The van der Waals surface area contributed by atoms with Gasteiger partial charge in [0.25, 0.3) is 0 Å². The number of carboxylic acid groups (broad SMARTS) is 1. The number of nitrogens with two attached hydrogens (primary N) is 1. The van der Waals surface area contributed by atoms with Crippen LogP contribution in [0.5, 0.6) is 5.75 Å². The monoisotopic (exact) mass is 433 g/mol. The molecule has 3 rings (SSSR count). The van der Waals surface area contributed by atoms with Crippen molar-refractivity contribution in [2.75, 3.05) is 18.5 Å². The van der Waals surface area contributed by atoms with Gasteiger partial charge < -0.3 is 25.6 Å². The highest BCUT2D eigenvalue weighted by Crippen LogP contribution is 2.27. The van der Waals surface area contributed by atoms with E-state index < -0.39 is 12.0 Å². The lowest BCUT2D eigenvalue weighted by atomic mass is 10.0. The predicted molar refractivity (Wildman–Crippen MR) is 119 cm³/mol. The van der Waals surface area contributed by atoms with Gasteiger partial charge in [0.1, 0.15) is 18.2 Å². The van der Waals surface area contributed by atoms with Crippen LogP contribution in [0.1, 0.15) is 42.5 Å². The van der Waals surface area contributed by atoms with Crippen molar-refractivity contribution < 1.29 is 19.4 Å². The van der Waals surface area contributed by atoms with E-state index in [4.69, 9.17) is 20.6 Å². The second-order valence-electron chi connectivity index (χ2n) is 7.12. The van der Waals surface area contributed by atoms with Crippen LogP contribution >= 0.6 is 12.4 Å². The Balaban J connectivity index is 0.00000320. The lowest BCUT2D eigenvalue weighted by Crippen LogP contribution is -2.21. The number of ether oxygens (including phenoxy) is 2. The van der Waals surface area contributed by atoms with Crippen LogP contribution in [-0.4, -0.2) is 36.2 Å². The number of carboxylic acids is 1. The molecule has 1 saturated heterocycles. The fraction of sp³-hybridized carbons (Fsp3) is 0.364. The number of halogens is 1. The smallest absolute Gasteiger partial charge is 0.330 e. The molecular weight excluding hydrogens is 406 g/mol. The molecule has 0 saturated carbocycles. The molecule has 2 unspecified atom stereocenters. The highest BCUT2D eigenvalue weighted by molar-refractivity contribution is 5.95. The molecule has 0 spiro atoms. The Morgan fingerprint density at radius 2 is 2.07 bits per heavy atom. The van der Waals surface area contributed by atoms with Crippen molar-refractivity contribution in [2.45, 2.75) is 38.3 Å². The zero-order valence-corrected chi connectivity index (χ0v) is 17.7. The van der Waals surface area contributed by atoms with E-state index in [0.29, 0.717) is 29.2 Å². The van der Waals surface area contributed by atoms with Gasteiger partial charge in [-0.25, -0.2) is 4.79 Å². The number of amidine groups is 1. The Labute approximate surface area is 182 Å². The Bertz CT molecular complexity index is 867. The average molecular weight is 434 g/mol. The molecule has 5 N–H and O–H groups in total. The zero-order valence-electron chi connectivity index (χ0n) is 16.9. The molecule has 0 aromatic heterocycles. The summed E-state index contributed by atoms with van der Waals surface area (Å²) in [6, 6.07) is 11.5. The molecule has 0 amide bonds. The standard InChI is InChI=1S/C22H27N3O4.ClH/c1-2-14-10-16(12-19(11-14)29-13-18-4-3-9-28-18)20(22(26)27)25-17-7-5-15(6-8-17)21(23)24;/h5-8,10-12,18,20,25H,2-4,9,13H2,1H3,(H3,23,24)(H,26,27);1H. The summed E-state index contributed by atoms with van der Waals surface area (Å²) in [6.45, 7) is 3.25. The summed E-state index contributed by atoms with van der Waals surface area (Å²) in [5, 5.41) is 20.3. The van der Waals surface area contributed by atoms with Crippen LogP contribution in [0.4, 0.5) is 5.69 Å². The lowest BCUT2D eigenvalue weighted by Gasteiger charge is -2.19. The van der Waals surface area contributed by atoms with Gasteiger partial charge in [0.2, 0.25) is 0 Å². The van der Waals surface area contributed by atoms with Crippen LogP contribution < -0.4 is 15.8 Å². The number of aliphatic carboxylic acids is 1. The van der Waals surface area contributed by atoms with Crippen molar-refractivity contribution in [3.8, 4) is 5.75 Å². The maximum Gasteiger partial charge on any atom is 0.330 e. The number of hydrogen-bond donors (Lipinski definition) is 4. The van der Waals surface area contributed by atoms with Gasteiger partial charge >= 0.3 is 5.97 Å². The van der Waals surface area contributed by atoms with Crippen LogP contribution in [0.25, 0.3) is 0 Å². The fourth-order valence-corrected chi connectivity index (χ4v) is 3.31. The molecule has 2 aromatic rings. The van der Waals surface area contributed by atoms with Gasteiger partial charge in [-0.15, -0.1) is 12.4 Å². The summed E-state index contributed by atoms with van der Waals surface area (Å²) >= 11 is 0. The van der Waals surface area contributed by atoms with E-state index in [9.17, 15) is 9.90 Å². The Kier molecular flexibility index (Phi) is 8.50. The first-order valence-corrected chi connectivity index (χ1v) is 9.78. The van der Waals surface area contributed by atoms with E-state index in [-0.39, 0.29) is 24.3 Å². The topological polar surface area (TPSA) is 118 Å². The van der Waals surface area contributed by atoms with Crippen molar-refractivity contribution in [1.82, 2.24) is 0 Å². The predicted octanol–water partition coefficient (Wildman–Crippen LogP) is 3.75. The highest BCUT2D eigenvalue weighted by atomic mass is 35.5. The summed E-state index contributed by atoms with van der Waals surface area (Å²) in [4.78, 5) is 12.0. The van der Waals surface area contributed by atoms with E-state index in [1.165, 1.54) is 0 Å². The van der Waals surface area contributed by atoms with Gasteiger partial charge in [0.15, 0.2) is 6.04 Å². The third-order valence-electron chi connectivity index (χ3n) is 4.94. The molecule has 162 valence electrons. The van der Waals surface area contributed by atoms with Gasteiger partial charge in [-0.1, -0.05) is 13.0 Å². The molecule has 8 heteroatoms. The fourth-order valence-electron chi connectivity index (χ4n) is 3.31. The minimum absolute atomic E-state index is 0. The zero-order chi connectivity index (χ0) is 20.8. The van der Waals surface area contributed by atoms with Crippen LogP contribution in [0.15, 0.2) is 42.5 Å². The third-order valence-corrected chi connectivity index (χ3v) is 4.94. The normalized spacial score (nSPS) is 16.4. The van der Waals surface area contributed by atoms with Gasteiger partial charge in [0, 0.05) is 17.9 Å². The molecular formula is C22H28ClN3O4. The van der Waals surface area contributed by atoms with Gasteiger partial charge in [-0.05, 0) is 66.8 Å². The van der Waals surface area contributed by atoms with Crippen molar-refractivity contribution in [3.05, 3.63) is 59.2 Å². The Hall–Kier alpha value is -2.77. The number of aryl methyl sites for hydroxylation is 1. The van der Waals surface area contributed by atoms with Crippen molar-refractivity contribution in [3.63, 3.8) is 0 Å². The number of nitrogens with one attached hydrogen (secondary N) is 2. The Morgan fingerprint density at radius 3 is 2.63 bits per heavy atom. The number of hydrogen-bond acceptors (Lipinski definition) is 5. The van der Waals surface area contributed by atoms with Crippen LogP contribution in [0, 0.1) is 5.41 Å². The highest BCUT2D eigenvalue weighted by Gasteiger charge is 2.22. The SMILES string of the molecule is CCc1cc(OCC2CCCO2)cc(C(Nc2ccc(C(=N)N)cc2)C(=O)O)c1.Cl. The molecule has 1 fully saturated rings. The number of anilines is 1. The number of benzene rings is 2. The summed E-state index contributed by atoms with van der Waals surface area (Å²) < 4.78 is 11.5. The molecule has 1 aliphatic rings. The van der Waals surface area contributed by atoms with Crippen molar-refractivity contribution in [2.24, 2.45) is 5.73 Å². The lowest BCUT2D eigenvalue weighted by molar-refractivity contribution is -0.138. The van der Waals surface area contributed by atoms with E-state index in [1.807, 2.05) is 19.1 Å². The quantitative estimate of drug-likeness (QED) is 0.353. The second-order valence-corrected chi connectivity index (χ2v) is 7.12. The first-order chi connectivity index (χ1) is 14.0. The molecule has 2 aromatic carbocycles. The van der Waals surface area contributed by atoms with E-state index in [1.54, 1.807) is 30.3 Å². The summed E-state index contributed by atoms with van der Waals surface area (Å²) in [5.41, 5.74) is 8.31. The number of rotatable bonds is 9. The average Bonchev–Trinajstić information content (AvgIpc) is 3.24. The molecule has 0 aliphatic carbocycles. The number of nitrogen functional groups attached to an aromatic ring is 1. The van der Waals surface area contributed by atoms with Crippen LogP contribution in [0.2, 0.25) is 0 Å². The van der Waals surface area contributed by atoms with Crippen molar-refractivity contribution >= 4 is 29.9 Å². The maximum atomic E-state index is 12.0. The summed E-state index contributed by atoms with van der Waals surface area (Å²) in [5.74, 6) is -0.371. The van der Waals surface area contributed by atoms with Crippen LogP contribution in [0.3, 0.4) is 0 Å². The minimum atomic E-state index is -0.987. The largest absolute Gasteiger partial charge is 0.491 e. The number of carbonyl (C=O) groups is 1. The minimum Gasteiger partial charge on any atom is -0.491 e. The van der Waals surface area contributed by atoms with Gasteiger partial charge in [-0.3, -0.25) is 5.41 Å². The first-order valence-electron chi connectivity index (χ1n) is 9.78. The van der Waals surface area contributed by atoms with E-state index in [0.717, 1.165) is 31.4 Å². The maximum absolute atomic E-state index is 12.0. The molecule has 7 nitrogen and oxygen atoms in total. The molecule has 0 bridgehead atoms. The van der Waals surface area contributed by atoms with E-state index >= 15 is 0 Å². The summed E-state index contributed by atoms with van der Waals surface area (Å²) in [7, 11) is 0. The molecule has 1 heterocycles. The van der Waals surface area contributed by atoms with Crippen LogP contribution in [-0.2, 0) is 16.0 Å². The third kappa shape index (κ3) is 6.11. The van der Waals surface area contributed by atoms with Crippen molar-refractivity contribution in [1.29, 1.82) is 5.41 Å². The molecule has 2 atom stereocenters. The van der Waals surface area contributed by atoms with Gasteiger partial charge in [-0.2, -0.15) is 0 Å². The van der Waals surface area contributed by atoms with Gasteiger partial charge in [0.05, 0.1) is 6.10 Å². The molecule has 30 heavy (non-hydrogen) atoms.